The molecule has 2 rings (SSSR count). The number of pyridine rings is 1. The fourth-order valence-electron chi connectivity index (χ4n) is 2.49. The first-order chi connectivity index (χ1) is 9.52. The van der Waals surface area contributed by atoms with Gasteiger partial charge in [-0.3, -0.25) is 4.79 Å². The van der Waals surface area contributed by atoms with Crippen LogP contribution < -0.4 is 10.6 Å². The van der Waals surface area contributed by atoms with Crippen molar-refractivity contribution >= 4 is 23.3 Å². The molecule has 0 unspecified atom stereocenters. The zero-order chi connectivity index (χ0) is 14.6. The van der Waals surface area contributed by atoms with Crippen LogP contribution in [0.3, 0.4) is 0 Å². The first kappa shape index (κ1) is 15.1. The number of amides is 1. The summed E-state index contributed by atoms with van der Waals surface area (Å²) in [6.07, 6.45) is 4.66. The minimum Gasteiger partial charge on any atom is -0.388 e. The van der Waals surface area contributed by atoms with Crippen molar-refractivity contribution in [1.82, 2.24) is 10.3 Å². The van der Waals surface area contributed by atoms with Crippen LogP contribution in [-0.4, -0.2) is 35.2 Å². The molecule has 3 N–H and O–H groups in total. The van der Waals surface area contributed by atoms with E-state index in [9.17, 15) is 9.90 Å². The number of halogens is 1. The van der Waals surface area contributed by atoms with Crippen LogP contribution in [-0.2, 0) is 0 Å². The number of aliphatic hydroxyl groups is 1. The second kappa shape index (κ2) is 6.41. The van der Waals surface area contributed by atoms with Crippen molar-refractivity contribution in [2.75, 3.05) is 18.9 Å². The molecule has 20 heavy (non-hydrogen) atoms. The van der Waals surface area contributed by atoms with Crippen LogP contribution in [0.15, 0.2) is 12.1 Å². The van der Waals surface area contributed by atoms with E-state index in [1.165, 1.54) is 6.07 Å². The van der Waals surface area contributed by atoms with Crippen molar-refractivity contribution in [3.05, 3.63) is 22.8 Å². The highest BCUT2D eigenvalue weighted by atomic mass is 35.5. The number of carbonyl (C=O) groups excluding carboxylic acids is 1. The predicted molar refractivity (Wildman–Crippen MR) is 79.2 cm³/mol. The molecular weight excluding hydrogens is 278 g/mol. The lowest BCUT2D eigenvalue weighted by Gasteiger charge is -2.32. The molecule has 0 saturated heterocycles. The summed E-state index contributed by atoms with van der Waals surface area (Å²) in [5.74, 6) is 0.295. The second-order valence-corrected chi connectivity index (χ2v) is 5.67. The number of nitrogens with zero attached hydrogens (tertiary/aromatic N) is 1. The molecule has 1 heterocycles. The summed E-state index contributed by atoms with van der Waals surface area (Å²) < 4.78 is 0. The Morgan fingerprint density at radius 2 is 2.10 bits per heavy atom. The second-order valence-electron chi connectivity index (χ2n) is 5.28. The van der Waals surface area contributed by atoms with Gasteiger partial charge in [-0.15, -0.1) is 0 Å². The van der Waals surface area contributed by atoms with Crippen LogP contribution in [0.1, 0.15) is 42.5 Å². The number of carbonyl (C=O) groups is 1. The molecule has 1 aliphatic rings. The smallest absolute Gasteiger partial charge is 0.251 e. The van der Waals surface area contributed by atoms with Crippen LogP contribution in [0.5, 0.6) is 0 Å². The van der Waals surface area contributed by atoms with Crippen molar-refractivity contribution in [2.45, 2.75) is 37.7 Å². The fraction of sp³-hybridized carbons (Fsp3) is 0.571. The van der Waals surface area contributed by atoms with Gasteiger partial charge in [0.1, 0.15) is 11.0 Å². The normalized spacial score (nSPS) is 17.6. The van der Waals surface area contributed by atoms with Gasteiger partial charge in [0.05, 0.1) is 5.60 Å². The Bertz CT molecular complexity index is 487. The van der Waals surface area contributed by atoms with Gasteiger partial charge in [-0.1, -0.05) is 30.9 Å². The molecule has 0 atom stereocenters. The molecule has 1 saturated carbocycles. The molecule has 1 fully saturated rings. The molecule has 1 aliphatic carbocycles. The summed E-state index contributed by atoms with van der Waals surface area (Å²) >= 11 is 5.87. The SMILES string of the molecule is CNc1cc(C(=O)NCC2(O)CCCCC2)cc(Cl)n1. The van der Waals surface area contributed by atoms with E-state index in [2.05, 4.69) is 15.6 Å². The monoisotopic (exact) mass is 297 g/mol. The maximum absolute atomic E-state index is 12.1. The zero-order valence-electron chi connectivity index (χ0n) is 11.6. The van der Waals surface area contributed by atoms with Gasteiger partial charge in [-0.25, -0.2) is 4.98 Å². The van der Waals surface area contributed by atoms with Crippen LogP contribution in [0.4, 0.5) is 5.82 Å². The third kappa shape index (κ3) is 3.84. The Hall–Kier alpha value is -1.33. The number of anilines is 1. The first-order valence-electron chi connectivity index (χ1n) is 6.88. The Balaban J connectivity index is 1.99. The Kier molecular flexibility index (Phi) is 4.83. The molecule has 1 aromatic rings. The van der Waals surface area contributed by atoms with Crippen LogP contribution in [0.2, 0.25) is 5.15 Å². The van der Waals surface area contributed by atoms with Gasteiger partial charge in [0, 0.05) is 19.2 Å². The molecule has 0 radical (unpaired) electrons. The lowest BCUT2D eigenvalue weighted by Crippen LogP contribution is -2.44. The maximum Gasteiger partial charge on any atom is 0.251 e. The molecule has 1 aromatic heterocycles. The molecule has 0 spiro atoms. The minimum atomic E-state index is -0.767. The summed E-state index contributed by atoms with van der Waals surface area (Å²) in [7, 11) is 1.71. The Labute approximate surface area is 123 Å². The molecule has 1 amide bonds. The van der Waals surface area contributed by atoms with Gasteiger partial charge < -0.3 is 15.7 Å². The fourth-order valence-corrected chi connectivity index (χ4v) is 2.70. The number of nitrogens with one attached hydrogen (secondary N) is 2. The number of hydrogen-bond acceptors (Lipinski definition) is 4. The lowest BCUT2D eigenvalue weighted by atomic mass is 9.85. The molecule has 5 nitrogen and oxygen atoms in total. The van der Waals surface area contributed by atoms with Crippen molar-refractivity contribution in [3.63, 3.8) is 0 Å². The summed E-state index contributed by atoms with van der Waals surface area (Å²) in [4.78, 5) is 16.1. The van der Waals surface area contributed by atoms with Gasteiger partial charge >= 0.3 is 0 Å². The number of hydrogen-bond donors (Lipinski definition) is 3. The molecule has 0 aromatic carbocycles. The Morgan fingerprint density at radius 3 is 2.75 bits per heavy atom. The molecular formula is C14H20ClN3O2. The van der Waals surface area contributed by atoms with Crippen LogP contribution in [0.25, 0.3) is 0 Å². The van der Waals surface area contributed by atoms with Gasteiger partial charge in [0.25, 0.3) is 5.91 Å². The minimum absolute atomic E-state index is 0.246. The zero-order valence-corrected chi connectivity index (χ0v) is 12.3. The largest absolute Gasteiger partial charge is 0.388 e. The summed E-state index contributed by atoms with van der Waals surface area (Å²) in [6.45, 7) is 0.278. The number of aromatic nitrogens is 1. The van der Waals surface area contributed by atoms with E-state index in [4.69, 9.17) is 11.6 Å². The van der Waals surface area contributed by atoms with E-state index in [-0.39, 0.29) is 17.6 Å². The van der Waals surface area contributed by atoms with Gasteiger partial charge in [0.2, 0.25) is 0 Å². The van der Waals surface area contributed by atoms with E-state index in [0.29, 0.717) is 11.4 Å². The summed E-state index contributed by atoms with van der Waals surface area (Å²) in [5.41, 5.74) is -0.329. The number of rotatable bonds is 4. The third-order valence-corrected chi connectivity index (χ3v) is 3.87. The Morgan fingerprint density at radius 1 is 1.40 bits per heavy atom. The molecule has 0 bridgehead atoms. The summed E-state index contributed by atoms with van der Waals surface area (Å²) in [5, 5.41) is 16.3. The average Bonchev–Trinajstić information content (AvgIpc) is 2.45. The van der Waals surface area contributed by atoms with Gasteiger partial charge in [-0.2, -0.15) is 0 Å². The lowest BCUT2D eigenvalue weighted by molar-refractivity contribution is 0.00526. The third-order valence-electron chi connectivity index (χ3n) is 3.67. The van der Waals surface area contributed by atoms with E-state index >= 15 is 0 Å². The van der Waals surface area contributed by atoms with Crippen molar-refractivity contribution in [1.29, 1.82) is 0 Å². The summed E-state index contributed by atoms with van der Waals surface area (Å²) in [6, 6.07) is 3.15. The van der Waals surface area contributed by atoms with Crippen LogP contribution >= 0.6 is 11.6 Å². The molecule has 0 aliphatic heterocycles. The van der Waals surface area contributed by atoms with E-state index in [0.717, 1.165) is 32.1 Å². The highest BCUT2D eigenvalue weighted by Gasteiger charge is 2.29. The topological polar surface area (TPSA) is 74.2 Å². The van der Waals surface area contributed by atoms with Crippen molar-refractivity contribution < 1.29 is 9.90 Å². The first-order valence-corrected chi connectivity index (χ1v) is 7.26. The van der Waals surface area contributed by atoms with E-state index < -0.39 is 5.60 Å². The van der Waals surface area contributed by atoms with E-state index in [1.807, 2.05) is 0 Å². The van der Waals surface area contributed by atoms with Crippen molar-refractivity contribution in [2.24, 2.45) is 0 Å². The highest BCUT2D eigenvalue weighted by molar-refractivity contribution is 6.29. The predicted octanol–water partition coefficient (Wildman–Crippen LogP) is 2.20. The van der Waals surface area contributed by atoms with Crippen molar-refractivity contribution in [3.8, 4) is 0 Å². The van der Waals surface area contributed by atoms with Gasteiger partial charge in [-0.05, 0) is 25.0 Å². The van der Waals surface area contributed by atoms with Gasteiger partial charge in [0.15, 0.2) is 0 Å². The highest BCUT2D eigenvalue weighted by Crippen LogP contribution is 2.27. The van der Waals surface area contributed by atoms with E-state index in [1.54, 1.807) is 13.1 Å². The standard InChI is InChI=1S/C14H20ClN3O2/c1-16-12-8-10(7-11(15)18-12)13(19)17-9-14(20)5-3-2-4-6-14/h7-8,20H,2-6,9H2,1H3,(H,16,18)(H,17,19). The maximum atomic E-state index is 12.1. The average molecular weight is 298 g/mol. The molecule has 6 heteroatoms. The quantitative estimate of drug-likeness (QED) is 0.745. The molecule has 110 valence electrons. The van der Waals surface area contributed by atoms with Crippen LogP contribution in [0, 0.1) is 0 Å².